The first-order chi connectivity index (χ1) is 11.8. The number of benzene rings is 1. The minimum atomic E-state index is -3.43. The molecule has 138 valence electrons. The molecule has 1 amide bonds. The molecule has 1 aliphatic rings. The largest absolute Gasteiger partial charge is 0.481 e. The number of aliphatic carboxylic acids is 1. The van der Waals surface area contributed by atoms with Gasteiger partial charge in [0.15, 0.2) is 0 Å². The van der Waals surface area contributed by atoms with Gasteiger partial charge in [-0.25, -0.2) is 8.42 Å². The maximum atomic E-state index is 12.6. The normalized spacial score (nSPS) is 18.0. The van der Waals surface area contributed by atoms with E-state index in [1.807, 2.05) is 0 Å². The van der Waals surface area contributed by atoms with Gasteiger partial charge < -0.3 is 14.7 Å². The van der Waals surface area contributed by atoms with E-state index in [-0.39, 0.29) is 31.2 Å². The van der Waals surface area contributed by atoms with Gasteiger partial charge in [-0.2, -0.15) is 0 Å². The van der Waals surface area contributed by atoms with Crippen molar-refractivity contribution in [2.75, 3.05) is 30.2 Å². The highest BCUT2D eigenvalue weighted by Crippen LogP contribution is 2.17. The Bertz CT molecular complexity index is 734. The summed E-state index contributed by atoms with van der Waals surface area (Å²) in [5.74, 6) is -1.26. The molecule has 1 fully saturated rings. The number of hydrogen-bond donors (Lipinski definition) is 2. The smallest absolute Gasteiger partial charge is 0.306 e. The number of carboxylic acid groups (broad SMARTS) is 1. The van der Waals surface area contributed by atoms with Crippen LogP contribution in [-0.4, -0.2) is 61.9 Å². The van der Waals surface area contributed by atoms with Gasteiger partial charge in [0.25, 0.3) is 5.91 Å². The number of carbonyl (C=O) groups is 2. The number of sulfonamides is 1. The number of carbonyl (C=O) groups excluding carboxylic acids is 1. The summed E-state index contributed by atoms with van der Waals surface area (Å²) in [6.07, 6.45) is -0.214. The van der Waals surface area contributed by atoms with Crippen LogP contribution in [0.25, 0.3) is 0 Å². The molecule has 0 radical (unpaired) electrons. The van der Waals surface area contributed by atoms with E-state index in [1.54, 1.807) is 25.1 Å². The summed E-state index contributed by atoms with van der Waals surface area (Å²) in [6.45, 7) is 2.59. The topological polar surface area (TPSA) is 113 Å². The van der Waals surface area contributed by atoms with Crippen LogP contribution in [0.2, 0.25) is 0 Å². The maximum Gasteiger partial charge on any atom is 0.306 e. The highest BCUT2D eigenvalue weighted by Gasteiger charge is 2.26. The molecular weight excluding hydrogens is 348 g/mol. The van der Waals surface area contributed by atoms with E-state index in [2.05, 4.69) is 4.72 Å². The van der Waals surface area contributed by atoms with Crippen LogP contribution in [0.15, 0.2) is 24.3 Å². The van der Waals surface area contributed by atoms with Crippen LogP contribution < -0.4 is 4.72 Å². The number of hydrogen-bond acceptors (Lipinski definition) is 5. The Balaban J connectivity index is 2.09. The van der Waals surface area contributed by atoms with Crippen molar-refractivity contribution in [2.24, 2.45) is 0 Å². The van der Waals surface area contributed by atoms with E-state index >= 15 is 0 Å². The summed E-state index contributed by atoms with van der Waals surface area (Å²) in [6, 6.07) is 6.27. The van der Waals surface area contributed by atoms with Crippen LogP contribution in [-0.2, 0) is 19.6 Å². The van der Waals surface area contributed by atoms with Crippen molar-refractivity contribution in [3.8, 4) is 0 Å². The van der Waals surface area contributed by atoms with Gasteiger partial charge in [0, 0.05) is 24.3 Å². The molecule has 1 heterocycles. The Hall–Kier alpha value is -2.13. The fraction of sp³-hybridized carbons (Fsp3) is 0.500. The van der Waals surface area contributed by atoms with E-state index in [1.165, 1.54) is 11.0 Å². The average molecular weight is 370 g/mol. The third kappa shape index (κ3) is 5.71. The van der Waals surface area contributed by atoms with Crippen molar-refractivity contribution < 1.29 is 27.9 Å². The number of anilines is 1. The summed E-state index contributed by atoms with van der Waals surface area (Å²) in [5, 5.41) is 8.85. The van der Waals surface area contributed by atoms with E-state index < -0.39 is 22.1 Å². The maximum absolute atomic E-state index is 12.6. The summed E-state index contributed by atoms with van der Waals surface area (Å²) < 4.78 is 31.5. The molecule has 2 rings (SSSR count). The van der Waals surface area contributed by atoms with Crippen LogP contribution in [0.4, 0.5) is 5.69 Å². The molecule has 2 N–H and O–H groups in total. The average Bonchev–Trinajstić information content (AvgIpc) is 2.53. The number of nitrogens with one attached hydrogen (secondary N) is 1. The fourth-order valence-corrected chi connectivity index (χ4v) is 3.75. The molecule has 1 unspecified atom stereocenters. The van der Waals surface area contributed by atoms with Gasteiger partial charge in [-0.1, -0.05) is 13.0 Å². The van der Waals surface area contributed by atoms with Crippen molar-refractivity contribution in [2.45, 2.75) is 25.9 Å². The molecule has 1 aliphatic heterocycles. The highest BCUT2D eigenvalue weighted by atomic mass is 32.2. The number of morpholine rings is 1. The van der Waals surface area contributed by atoms with E-state index in [0.29, 0.717) is 24.2 Å². The number of carboxylic acids is 1. The van der Waals surface area contributed by atoms with Gasteiger partial charge in [-0.15, -0.1) is 0 Å². The monoisotopic (exact) mass is 370 g/mol. The van der Waals surface area contributed by atoms with E-state index in [0.717, 1.165) is 0 Å². The first-order valence-electron chi connectivity index (χ1n) is 8.04. The second-order valence-electron chi connectivity index (χ2n) is 5.84. The second kappa shape index (κ2) is 8.30. The minimum absolute atomic E-state index is 0.00546. The molecule has 1 atom stereocenters. The summed E-state index contributed by atoms with van der Waals surface area (Å²) >= 11 is 0. The summed E-state index contributed by atoms with van der Waals surface area (Å²) in [5.41, 5.74) is 0.669. The van der Waals surface area contributed by atoms with Crippen molar-refractivity contribution in [3.63, 3.8) is 0 Å². The Morgan fingerprint density at radius 2 is 2.16 bits per heavy atom. The molecule has 25 heavy (non-hydrogen) atoms. The van der Waals surface area contributed by atoms with Crippen LogP contribution in [0, 0.1) is 0 Å². The number of rotatable bonds is 7. The molecule has 9 heteroatoms. The first kappa shape index (κ1) is 19.2. The number of amides is 1. The van der Waals surface area contributed by atoms with E-state index in [9.17, 15) is 18.0 Å². The predicted octanol–water partition coefficient (Wildman–Crippen LogP) is 1.15. The summed E-state index contributed by atoms with van der Waals surface area (Å²) in [7, 11) is -3.43. The van der Waals surface area contributed by atoms with Crippen molar-refractivity contribution in [1.82, 2.24) is 4.90 Å². The molecule has 1 aromatic rings. The Morgan fingerprint density at radius 1 is 1.40 bits per heavy atom. The lowest BCUT2D eigenvalue weighted by molar-refractivity contribution is -0.141. The van der Waals surface area contributed by atoms with E-state index in [4.69, 9.17) is 9.84 Å². The quantitative estimate of drug-likeness (QED) is 0.744. The summed E-state index contributed by atoms with van der Waals surface area (Å²) in [4.78, 5) is 24.9. The van der Waals surface area contributed by atoms with Gasteiger partial charge in [0.2, 0.25) is 10.0 Å². The van der Waals surface area contributed by atoms with Crippen molar-refractivity contribution in [3.05, 3.63) is 29.8 Å². The molecular formula is C16H22N2O6S. The van der Waals surface area contributed by atoms with Crippen LogP contribution in [0.3, 0.4) is 0 Å². The van der Waals surface area contributed by atoms with Gasteiger partial charge in [0.05, 0.1) is 24.9 Å². The standard InChI is InChI=1S/C16H22N2O6S/c1-2-8-25(22,23)17-13-5-3-4-12(9-13)16(21)18-6-7-24-14(11-18)10-15(19)20/h3-5,9,14,17H,2,6-8,10-11H2,1H3,(H,19,20). The molecule has 1 saturated heterocycles. The van der Waals surface area contributed by atoms with Gasteiger partial charge >= 0.3 is 5.97 Å². The number of nitrogens with zero attached hydrogens (tertiary/aromatic N) is 1. The van der Waals surface area contributed by atoms with Crippen molar-refractivity contribution in [1.29, 1.82) is 0 Å². The molecule has 0 aromatic heterocycles. The van der Waals surface area contributed by atoms with Crippen LogP contribution >= 0.6 is 0 Å². The SMILES string of the molecule is CCCS(=O)(=O)Nc1cccc(C(=O)N2CCOC(CC(=O)O)C2)c1. The molecule has 0 aliphatic carbocycles. The van der Waals surface area contributed by atoms with Crippen molar-refractivity contribution >= 4 is 27.6 Å². The van der Waals surface area contributed by atoms with Crippen LogP contribution in [0.1, 0.15) is 30.1 Å². The lowest BCUT2D eigenvalue weighted by Gasteiger charge is -2.32. The highest BCUT2D eigenvalue weighted by molar-refractivity contribution is 7.92. The predicted molar refractivity (Wildman–Crippen MR) is 92.0 cm³/mol. The Labute approximate surface area is 146 Å². The van der Waals surface area contributed by atoms with Gasteiger partial charge in [-0.05, 0) is 24.6 Å². The molecule has 8 nitrogen and oxygen atoms in total. The Morgan fingerprint density at radius 3 is 2.84 bits per heavy atom. The lowest BCUT2D eigenvalue weighted by Crippen LogP contribution is -2.46. The zero-order valence-corrected chi connectivity index (χ0v) is 14.8. The molecule has 0 bridgehead atoms. The van der Waals surface area contributed by atoms with Gasteiger partial charge in [0.1, 0.15) is 0 Å². The molecule has 0 spiro atoms. The lowest BCUT2D eigenvalue weighted by atomic mass is 10.1. The third-order valence-electron chi connectivity index (χ3n) is 3.68. The first-order valence-corrected chi connectivity index (χ1v) is 9.69. The molecule has 0 saturated carbocycles. The zero-order valence-electron chi connectivity index (χ0n) is 14.0. The second-order valence-corrected chi connectivity index (χ2v) is 7.69. The molecule has 1 aromatic carbocycles. The fourth-order valence-electron chi connectivity index (χ4n) is 2.62. The van der Waals surface area contributed by atoms with Crippen LogP contribution in [0.5, 0.6) is 0 Å². The third-order valence-corrected chi connectivity index (χ3v) is 5.18. The Kier molecular flexibility index (Phi) is 6.38. The zero-order chi connectivity index (χ0) is 18.4. The minimum Gasteiger partial charge on any atom is -0.481 e. The number of ether oxygens (including phenoxy) is 1. The van der Waals surface area contributed by atoms with Gasteiger partial charge in [-0.3, -0.25) is 14.3 Å².